The number of aromatic nitrogens is 1. The molecule has 2 aliphatic heterocycles. The smallest absolute Gasteiger partial charge is 0.274 e. The van der Waals surface area contributed by atoms with Crippen LogP contribution in [0.3, 0.4) is 0 Å². The number of carbonyl (C=O) groups is 2. The summed E-state index contributed by atoms with van der Waals surface area (Å²) in [5.74, 6) is -4.18. The first-order valence-corrected chi connectivity index (χ1v) is 12.2. The topological polar surface area (TPSA) is 110 Å². The minimum atomic E-state index is -1.04. The molecule has 3 atom stereocenters. The Morgan fingerprint density at radius 2 is 1.97 bits per heavy atom. The molecule has 0 saturated heterocycles. The van der Waals surface area contributed by atoms with Crippen molar-refractivity contribution in [3.8, 4) is 5.75 Å². The fourth-order valence-electron chi connectivity index (χ4n) is 5.09. The maximum atomic E-state index is 14.3. The highest BCUT2D eigenvalue weighted by Crippen LogP contribution is 2.40. The molecule has 0 spiro atoms. The number of ether oxygens (including phenoxy) is 2. The maximum Gasteiger partial charge on any atom is 0.274 e. The zero-order chi connectivity index (χ0) is 27.0. The molecule has 200 valence electrons. The first-order valence-electron chi connectivity index (χ1n) is 11.8. The summed E-state index contributed by atoms with van der Waals surface area (Å²) in [6.45, 7) is 2.85. The van der Waals surface area contributed by atoms with Gasteiger partial charge in [0.1, 0.15) is 22.2 Å². The van der Waals surface area contributed by atoms with Crippen molar-refractivity contribution in [2.45, 2.75) is 32.5 Å². The normalized spacial score (nSPS) is 21.0. The van der Waals surface area contributed by atoms with Gasteiger partial charge in [0, 0.05) is 46.0 Å². The Morgan fingerprint density at radius 1 is 1.24 bits per heavy atom. The average molecular weight is 540 g/mol. The van der Waals surface area contributed by atoms with Gasteiger partial charge in [-0.2, -0.15) is 0 Å². The van der Waals surface area contributed by atoms with Crippen molar-refractivity contribution in [2.24, 2.45) is 11.8 Å². The molecule has 2 aromatic rings. The molecule has 2 bridgehead atoms. The molecule has 3 unspecified atom stereocenters. The highest BCUT2D eigenvalue weighted by atomic mass is 35.5. The number of rotatable bonds is 7. The fraction of sp³-hybridized carbons (Fsp3) is 0.480. The lowest BCUT2D eigenvalue weighted by Crippen LogP contribution is -2.48. The second-order valence-corrected chi connectivity index (χ2v) is 9.73. The Balaban J connectivity index is 1.80. The average Bonchev–Trinajstić information content (AvgIpc) is 2.88. The molecule has 3 heterocycles. The summed E-state index contributed by atoms with van der Waals surface area (Å²) in [5, 5.41) is 12.6. The molecule has 1 aromatic heterocycles. The molecule has 0 radical (unpaired) electrons. The van der Waals surface area contributed by atoms with Crippen molar-refractivity contribution in [2.75, 3.05) is 33.9 Å². The molecule has 12 heteroatoms. The molecule has 2 amide bonds. The summed E-state index contributed by atoms with van der Waals surface area (Å²) in [5.41, 5.74) is -1.57. The molecule has 0 aliphatic carbocycles. The lowest BCUT2D eigenvalue weighted by Gasteiger charge is -2.41. The van der Waals surface area contributed by atoms with E-state index in [1.54, 1.807) is 0 Å². The van der Waals surface area contributed by atoms with Gasteiger partial charge in [-0.25, -0.2) is 8.78 Å². The van der Waals surface area contributed by atoms with Gasteiger partial charge >= 0.3 is 0 Å². The number of nitrogens with one attached hydrogen (secondary N) is 1. The van der Waals surface area contributed by atoms with Crippen LogP contribution in [0.5, 0.6) is 5.75 Å². The van der Waals surface area contributed by atoms with Crippen LogP contribution < -0.4 is 10.7 Å². The van der Waals surface area contributed by atoms with Gasteiger partial charge in [0.25, 0.3) is 11.8 Å². The van der Waals surface area contributed by atoms with Gasteiger partial charge in [-0.1, -0.05) is 24.6 Å². The summed E-state index contributed by atoms with van der Waals surface area (Å²) in [6.07, 6.45) is -0.222. The second kappa shape index (κ2) is 10.8. The van der Waals surface area contributed by atoms with Crippen molar-refractivity contribution < 1.29 is 33.0 Å². The van der Waals surface area contributed by atoms with E-state index in [-0.39, 0.29) is 41.9 Å². The number of carbonyl (C=O) groups excluding carboxylic acids is 2. The zero-order valence-corrected chi connectivity index (χ0v) is 21.4. The van der Waals surface area contributed by atoms with Crippen LogP contribution in [0.15, 0.2) is 16.9 Å². The molecule has 4 rings (SSSR count). The third kappa shape index (κ3) is 4.83. The molecular weight excluding hydrogens is 512 g/mol. The number of hydrogen-bond donors (Lipinski definition) is 2. The number of amides is 2. The van der Waals surface area contributed by atoms with E-state index in [1.807, 2.05) is 6.92 Å². The van der Waals surface area contributed by atoms with Gasteiger partial charge in [-0.3, -0.25) is 14.4 Å². The third-order valence-corrected chi connectivity index (χ3v) is 7.50. The molecule has 9 nitrogen and oxygen atoms in total. The highest BCUT2D eigenvalue weighted by molar-refractivity contribution is 6.30. The van der Waals surface area contributed by atoms with E-state index in [0.717, 1.165) is 12.1 Å². The zero-order valence-electron chi connectivity index (χ0n) is 20.6. The fourth-order valence-corrected chi connectivity index (χ4v) is 5.28. The number of hydrogen-bond acceptors (Lipinski definition) is 6. The number of pyridine rings is 1. The van der Waals surface area contributed by atoms with E-state index < -0.39 is 57.9 Å². The van der Waals surface area contributed by atoms with Crippen molar-refractivity contribution in [3.63, 3.8) is 0 Å². The van der Waals surface area contributed by atoms with Gasteiger partial charge in [0.2, 0.25) is 5.43 Å². The molecule has 2 N–H and O–H groups in total. The number of methoxy groups -OCH3 is 2. The van der Waals surface area contributed by atoms with Gasteiger partial charge in [0.15, 0.2) is 11.4 Å². The maximum absolute atomic E-state index is 14.3. The van der Waals surface area contributed by atoms with Crippen LogP contribution >= 0.6 is 11.6 Å². The first-order chi connectivity index (χ1) is 17.6. The van der Waals surface area contributed by atoms with Crippen LogP contribution in [-0.2, 0) is 22.6 Å². The van der Waals surface area contributed by atoms with Crippen LogP contribution in [0.25, 0.3) is 0 Å². The number of benzene rings is 1. The Kier molecular flexibility index (Phi) is 7.86. The SMILES string of the molecule is COCCN1CC(C)C2CC(OC)c3c(C(=O)NCc4ccc(F)c(Cl)c4F)c(=O)c(O)c(n3C2)C1=O. The first kappa shape index (κ1) is 27.0. The van der Waals surface area contributed by atoms with Crippen molar-refractivity contribution >= 4 is 23.4 Å². The van der Waals surface area contributed by atoms with Crippen LogP contribution in [0.4, 0.5) is 8.78 Å². The number of nitrogens with zero attached hydrogens (tertiary/aromatic N) is 2. The van der Waals surface area contributed by atoms with Gasteiger partial charge in [-0.05, 0) is 24.3 Å². The Labute approximate surface area is 216 Å². The van der Waals surface area contributed by atoms with Crippen molar-refractivity contribution in [1.82, 2.24) is 14.8 Å². The third-order valence-electron chi connectivity index (χ3n) is 7.16. The summed E-state index contributed by atoms with van der Waals surface area (Å²) >= 11 is 5.62. The predicted molar refractivity (Wildman–Crippen MR) is 130 cm³/mol. The molecule has 1 aromatic carbocycles. The largest absolute Gasteiger partial charge is 0.503 e. The standard InChI is InChI=1S/C25H28ClF2N3O6/c1-12-10-30(6-7-36-2)25(35)21-23(33)22(32)17(20-16(37-3)8-14(12)11-31(20)21)24(34)29-9-13-4-5-15(27)18(26)19(13)28/h4-5,12,14,16,33H,6-11H2,1-3H3,(H,29,34). The second-order valence-electron chi connectivity index (χ2n) is 9.36. The van der Waals surface area contributed by atoms with E-state index in [2.05, 4.69) is 5.32 Å². The minimum Gasteiger partial charge on any atom is -0.503 e. The lowest BCUT2D eigenvalue weighted by molar-refractivity contribution is 0.0241. The number of fused-ring (bicyclic) bond motifs is 1. The van der Waals surface area contributed by atoms with Crippen LogP contribution in [-0.4, -0.2) is 60.3 Å². The van der Waals surface area contributed by atoms with E-state index in [4.69, 9.17) is 21.1 Å². The van der Waals surface area contributed by atoms with Gasteiger partial charge in [0.05, 0.1) is 18.4 Å². The number of aromatic hydroxyl groups is 1. The number of halogens is 3. The monoisotopic (exact) mass is 539 g/mol. The molecule has 37 heavy (non-hydrogen) atoms. The van der Waals surface area contributed by atoms with Gasteiger partial charge in [-0.15, -0.1) is 0 Å². The van der Waals surface area contributed by atoms with E-state index in [1.165, 1.54) is 23.7 Å². The Bertz CT molecular complexity index is 1300. The van der Waals surface area contributed by atoms with E-state index in [9.17, 15) is 28.3 Å². The lowest BCUT2D eigenvalue weighted by atomic mass is 9.82. The molecule has 2 aliphatic rings. The van der Waals surface area contributed by atoms with E-state index in [0.29, 0.717) is 19.5 Å². The van der Waals surface area contributed by atoms with E-state index >= 15 is 0 Å². The highest BCUT2D eigenvalue weighted by Gasteiger charge is 2.42. The van der Waals surface area contributed by atoms with Crippen LogP contribution in [0.2, 0.25) is 5.02 Å². The van der Waals surface area contributed by atoms with Crippen molar-refractivity contribution in [3.05, 3.63) is 61.5 Å². The summed E-state index contributed by atoms with van der Waals surface area (Å²) < 4.78 is 40.1. The summed E-state index contributed by atoms with van der Waals surface area (Å²) in [7, 11) is 2.95. The predicted octanol–water partition coefficient (Wildman–Crippen LogP) is 2.86. The molecule has 0 fully saturated rings. The summed E-state index contributed by atoms with van der Waals surface area (Å²) in [4.78, 5) is 41.6. The van der Waals surface area contributed by atoms with Crippen LogP contribution in [0.1, 0.15) is 51.6 Å². The van der Waals surface area contributed by atoms with Gasteiger partial charge < -0.3 is 29.4 Å². The molecular formula is C25H28ClF2N3O6. The summed E-state index contributed by atoms with van der Waals surface area (Å²) in [6, 6.07) is 2.09. The van der Waals surface area contributed by atoms with Crippen LogP contribution in [0, 0.1) is 23.5 Å². The van der Waals surface area contributed by atoms with Crippen molar-refractivity contribution in [1.29, 1.82) is 0 Å². The Morgan fingerprint density at radius 3 is 2.65 bits per heavy atom. The quantitative estimate of drug-likeness (QED) is 0.524. The molecule has 0 saturated carbocycles. The minimum absolute atomic E-state index is 0.0302. The Hall–Kier alpha value is -3.02.